The zero-order valence-electron chi connectivity index (χ0n) is 12.5. The van der Waals surface area contributed by atoms with E-state index in [9.17, 15) is 4.79 Å². The van der Waals surface area contributed by atoms with Gasteiger partial charge in [-0.1, -0.05) is 23.7 Å². The van der Waals surface area contributed by atoms with Crippen molar-refractivity contribution in [3.05, 3.63) is 58.1 Å². The molecule has 116 valence electrons. The SMILES string of the molecule is Cc1ccc(CO)cc1NC(=O)COc1ccc(Cl)cc1C. The normalized spacial score (nSPS) is 10.4. The van der Waals surface area contributed by atoms with Gasteiger partial charge in [-0.3, -0.25) is 4.79 Å². The summed E-state index contributed by atoms with van der Waals surface area (Å²) < 4.78 is 5.50. The molecule has 2 N–H and O–H groups in total. The van der Waals surface area contributed by atoms with Gasteiger partial charge in [-0.05, 0) is 54.8 Å². The summed E-state index contributed by atoms with van der Waals surface area (Å²) in [5.41, 5.74) is 3.22. The van der Waals surface area contributed by atoms with Gasteiger partial charge in [0.15, 0.2) is 6.61 Å². The first kappa shape index (κ1) is 16.3. The fourth-order valence-corrected chi connectivity index (χ4v) is 2.23. The molecule has 0 aliphatic heterocycles. The zero-order chi connectivity index (χ0) is 16.1. The van der Waals surface area contributed by atoms with Gasteiger partial charge in [0.1, 0.15) is 5.75 Å². The molecule has 0 saturated carbocycles. The van der Waals surface area contributed by atoms with Crippen LogP contribution in [0.5, 0.6) is 5.75 Å². The Morgan fingerprint density at radius 1 is 1.18 bits per heavy atom. The first-order chi connectivity index (χ1) is 10.5. The number of aliphatic hydroxyl groups is 1. The Labute approximate surface area is 134 Å². The van der Waals surface area contributed by atoms with Crippen LogP contribution in [0.4, 0.5) is 5.69 Å². The number of anilines is 1. The van der Waals surface area contributed by atoms with Gasteiger partial charge in [0, 0.05) is 10.7 Å². The average Bonchev–Trinajstić information content (AvgIpc) is 2.48. The number of nitrogens with one attached hydrogen (secondary N) is 1. The highest BCUT2D eigenvalue weighted by atomic mass is 35.5. The van der Waals surface area contributed by atoms with Gasteiger partial charge >= 0.3 is 0 Å². The largest absolute Gasteiger partial charge is 0.483 e. The standard InChI is InChI=1S/C17H18ClNO3/c1-11-3-4-13(9-20)8-15(11)19-17(21)10-22-16-6-5-14(18)7-12(16)2/h3-8,20H,9-10H2,1-2H3,(H,19,21). The molecule has 0 fully saturated rings. The van der Waals surface area contributed by atoms with Crippen LogP contribution >= 0.6 is 11.6 Å². The number of carbonyl (C=O) groups excluding carboxylic acids is 1. The first-order valence-corrected chi connectivity index (χ1v) is 7.26. The van der Waals surface area contributed by atoms with Gasteiger partial charge in [0.25, 0.3) is 5.91 Å². The summed E-state index contributed by atoms with van der Waals surface area (Å²) in [4.78, 5) is 12.0. The molecule has 0 unspecified atom stereocenters. The van der Waals surface area contributed by atoms with Crippen molar-refractivity contribution in [1.82, 2.24) is 0 Å². The summed E-state index contributed by atoms with van der Waals surface area (Å²) in [7, 11) is 0. The predicted octanol–water partition coefficient (Wildman–Crippen LogP) is 3.47. The highest BCUT2D eigenvalue weighted by molar-refractivity contribution is 6.30. The quantitative estimate of drug-likeness (QED) is 0.887. The molecule has 0 bridgehead atoms. The number of aryl methyl sites for hydroxylation is 2. The highest BCUT2D eigenvalue weighted by Crippen LogP contribution is 2.22. The highest BCUT2D eigenvalue weighted by Gasteiger charge is 2.08. The Bertz CT molecular complexity index is 686. The third-order valence-electron chi connectivity index (χ3n) is 3.25. The summed E-state index contributed by atoms with van der Waals surface area (Å²) in [5, 5.41) is 12.6. The van der Waals surface area contributed by atoms with Crippen LogP contribution in [0.25, 0.3) is 0 Å². The molecular formula is C17H18ClNO3. The molecule has 0 saturated heterocycles. The molecule has 2 aromatic rings. The van der Waals surface area contributed by atoms with E-state index in [4.69, 9.17) is 21.4 Å². The first-order valence-electron chi connectivity index (χ1n) is 6.89. The molecule has 0 atom stereocenters. The topological polar surface area (TPSA) is 58.6 Å². The minimum atomic E-state index is -0.257. The molecule has 0 heterocycles. The Kier molecular flexibility index (Phi) is 5.41. The van der Waals surface area contributed by atoms with Gasteiger partial charge in [0.05, 0.1) is 6.61 Å². The second kappa shape index (κ2) is 7.29. The summed E-state index contributed by atoms with van der Waals surface area (Å²) in [6.45, 7) is 3.60. The lowest BCUT2D eigenvalue weighted by Gasteiger charge is -2.12. The van der Waals surface area contributed by atoms with E-state index in [1.54, 1.807) is 24.3 Å². The van der Waals surface area contributed by atoms with Crippen molar-refractivity contribution in [2.45, 2.75) is 20.5 Å². The molecular weight excluding hydrogens is 302 g/mol. The van der Waals surface area contributed by atoms with Crippen molar-refractivity contribution in [2.75, 3.05) is 11.9 Å². The minimum absolute atomic E-state index is 0.0659. The lowest BCUT2D eigenvalue weighted by Crippen LogP contribution is -2.21. The molecule has 0 spiro atoms. The summed E-state index contributed by atoms with van der Waals surface area (Å²) >= 11 is 5.88. The van der Waals surface area contributed by atoms with Crippen LogP contribution in [0.15, 0.2) is 36.4 Å². The van der Waals surface area contributed by atoms with Gasteiger partial charge in [-0.25, -0.2) is 0 Å². The third-order valence-corrected chi connectivity index (χ3v) is 3.49. The van der Waals surface area contributed by atoms with E-state index in [1.807, 2.05) is 26.0 Å². The number of hydrogen-bond donors (Lipinski definition) is 2. The van der Waals surface area contributed by atoms with E-state index >= 15 is 0 Å². The van der Waals surface area contributed by atoms with Crippen molar-refractivity contribution in [3.63, 3.8) is 0 Å². The Morgan fingerprint density at radius 3 is 2.64 bits per heavy atom. The number of rotatable bonds is 5. The van der Waals surface area contributed by atoms with Crippen LogP contribution in [0, 0.1) is 13.8 Å². The maximum atomic E-state index is 12.0. The van der Waals surface area contributed by atoms with Crippen molar-refractivity contribution in [2.24, 2.45) is 0 Å². The van der Waals surface area contributed by atoms with Crippen LogP contribution in [0.1, 0.15) is 16.7 Å². The Hall–Kier alpha value is -2.04. The van der Waals surface area contributed by atoms with Gasteiger partial charge in [-0.15, -0.1) is 0 Å². The van der Waals surface area contributed by atoms with Crippen LogP contribution in [0.2, 0.25) is 5.02 Å². The smallest absolute Gasteiger partial charge is 0.262 e. The second-order valence-electron chi connectivity index (χ2n) is 5.05. The summed E-state index contributed by atoms with van der Waals surface area (Å²) in [6, 6.07) is 10.7. The monoisotopic (exact) mass is 319 g/mol. The van der Waals surface area contributed by atoms with Crippen LogP contribution in [-0.2, 0) is 11.4 Å². The number of hydrogen-bond acceptors (Lipinski definition) is 3. The van der Waals surface area contributed by atoms with Crippen molar-refractivity contribution >= 4 is 23.2 Å². The number of benzene rings is 2. The van der Waals surface area contributed by atoms with E-state index in [2.05, 4.69) is 5.32 Å². The fraction of sp³-hybridized carbons (Fsp3) is 0.235. The fourth-order valence-electron chi connectivity index (χ4n) is 2.01. The van der Waals surface area contributed by atoms with E-state index < -0.39 is 0 Å². The molecule has 0 aliphatic carbocycles. The predicted molar refractivity (Wildman–Crippen MR) is 87.4 cm³/mol. The number of halogens is 1. The van der Waals surface area contributed by atoms with Crippen molar-refractivity contribution < 1.29 is 14.6 Å². The Balaban J connectivity index is 1.98. The van der Waals surface area contributed by atoms with E-state index in [0.717, 1.165) is 16.7 Å². The molecule has 5 heteroatoms. The molecule has 0 aliphatic rings. The number of carbonyl (C=O) groups is 1. The van der Waals surface area contributed by atoms with E-state index in [-0.39, 0.29) is 19.1 Å². The Morgan fingerprint density at radius 2 is 1.95 bits per heavy atom. The second-order valence-corrected chi connectivity index (χ2v) is 5.49. The number of aliphatic hydroxyl groups excluding tert-OH is 1. The third kappa shape index (κ3) is 4.23. The van der Waals surface area contributed by atoms with Gasteiger partial charge < -0.3 is 15.2 Å². The minimum Gasteiger partial charge on any atom is -0.483 e. The lowest BCUT2D eigenvalue weighted by atomic mass is 10.1. The van der Waals surface area contributed by atoms with Crippen LogP contribution < -0.4 is 10.1 Å². The molecule has 22 heavy (non-hydrogen) atoms. The number of ether oxygens (including phenoxy) is 1. The molecule has 2 rings (SSSR count). The van der Waals surface area contributed by atoms with Gasteiger partial charge in [0.2, 0.25) is 0 Å². The zero-order valence-corrected chi connectivity index (χ0v) is 13.3. The van der Waals surface area contributed by atoms with Crippen molar-refractivity contribution in [3.8, 4) is 5.75 Å². The molecule has 2 aromatic carbocycles. The maximum Gasteiger partial charge on any atom is 0.262 e. The van der Waals surface area contributed by atoms with Crippen LogP contribution in [-0.4, -0.2) is 17.6 Å². The molecule has 0 aromatic heterocycles. The van der Waals surface area contributed by atoms with Gasteiger partial charge in [-0.2, -0.15) is 0 Å². The maximum absolute atomic E-state index is 12.0. The average molecular weight is 320 g/mol. The lowest BCUT2D eigenvalue weighted by molar-refractivity contribution is -0.118. The summed E-state index contributed by atoms with van der Waals surface area (Å²) in [6.07, 6.45) is 0. The van der Waals surface area contributed by atoms with E-state index in [0.29, 0.717) is 16.5 Å². The molecule has 1 amide bonds. The van der Waals surface area contributed by atoms with E-state index in [1.165, 1.54) is 0 Å². The molecule has 0 radical (unpaired) electrons. The molecule has 4 nitrogen and oxygen atoms in total. The van der Waals surface area contributed by atoms with Crippen LogP contribution in [0.3, 0.4) is 0 Å². The summed E-state index contributed by atoms with van der Waals surface area (Å²) in [5.74, 6) is 0.368. The number of amides is 1. The van der Waals surface area contributed by atoms with Crippen molar-refractivity contribution in [1.29, 1.82) is 0 Å².